The number of benzene rings is 1. The van der Waals surface area contributed by atoms with Crippen LogP contribution in [0.1, 0.15) is 13.8 Å². The molecule has 1 rings (SSSR count). The van der Waals surface area contributed by atoms with Crippen LogP contribution in [0.3, 0.4) is 0 Å². The number of nitrogens with one attached hydrogen (secondary N) is 1. The molecule has 1 aromatic carbocycles. The van der Waals surface area contributed by atoms with Crippen LogP contribution >= 0.6 is 11.8 Å². The minimum absolute atomic E-state index is 0.0362. The monoisotopic (exact) mass is 284 g/mol. The number of amides is 1. The van der Waals surface area contributed by atoms with Crippen molar-refractivity contribution in [3.63, 3.8) is 0 Å². The molecule has 0 unspecified atom stereocenters. The molecular weight excluding hydrogens is 268 g/mol. The number of carbonyl (C=O) groups is 1. The van der Waals surface area contributed by atoms with Crippen LogP contribution < -0.4 is 5.48 Å². The van der Waals surface area contributed by atoms with Crippen molar-refractivity contribution in [2.45, 2.75) is 18.7 Å². The summed E-state index contributed by atoms with van der Waals surface area (Å²) in [6.07, 6.45) is 0. The Kier molecular flexibility index (Phi) is 6.31. The fraction of sp³-hybridized carbons (Fsp3) is 0.417. The predicted octanol–water partition coefficient (Wildman–Crippen LogP) is 2.39. The number of carbonyl (C=O) groups excluding carboxylic acids is 1. The maximum Gasteiger partial charge on any atom is 0.269 e. The van der Waals surface area contributed by atoms with E-state index in [2.05, 4.69) is 5.48 Å². The first kappa shape index (κ1) is 15.5. The first-order chi connectivity index (χ1) is 8.99. The van der Waals surface area contributed by atoms with Crippen molar-refractivity contribution in [3.8, 4) is 0 Å². The lowest BCUT2D eigenvalue weighted by Crippen LogP contribution is -2.27. The zero-order valence-electron chi connectivity index (χ0n) is 10.8. The zero-order chi connectivity index (χ0) is 14.3. The maximum atomic E-state index is 11.4. The van der Waals surface area contributed by atoms with Crippen LogP contribution in [0.2, 0.25) is 0 Å². The highest BCUT2D eigenvalue weighted by Crippen LogP contribution is 2.20. The third-order valence-electron chi connectivity index (χ3n) is 2.02. The van der Waals surface area contributed by atoms with Gasteiger partial charge in [-0.25, -0.2) is 5.48 Å². The number of hydrogen-bond acceptors (Lipinski definition) is 5. The van der Waals surface area contributed by atoms with E-state index in [1.54, 1.807) is 12.1 Å². The lowest BCUT2D eigenvalue weighted by Gasteiger charge is -2.07. The molecule has 0 radical (unpaired) electrons. The Morgan fingerprint density at radius 1 is 1.42 bits per heavy atom. The summed E-state index contributed by atoms with van der Waals surface area (Å²) in [5.74, 6) is 0.322. The van der Waals surface area contributed by atoms with Crippen molar-refractivity contribution in [1.29, 1.82) is 0 Å². The van der Waals surface area contributed by atoms with E-state index >= 15 is 0 Å². The second kappa shape index (κ2) is 7.75. The van der Waals surface area contributed by atoms with Crippen LogP contribution in [0.5, 0.6) is 0 Å². The third-order valence-corrected chi connectivity index (χ3v) is 3.03. The lowest BCUT2D eigenvalue weighted by molar-refractivity contribution is -0.384. The molecule has 19 heavy (non-hydrogen) atoms. The van der Waals surface area contributed by atoms with E-state index in [1.807, 2.05) is 13.8 Å². The average molecular weight is 284 g/mol. The Balaban J connectivity index is 2.32. The number of thioether (sulfide) groups is 1. The Morgan fingerprint density at radius 3 is 2.58 bits per heavy atom. The Bertz CT molecular complexity index is 434. The fourth-order valence-electron chi connectivity index (χ4n) is 1.13. The van der Waals surface area contributed by atoms with Gasteiger partial charge in [0.15, 0.2) is 0 Å². The quantitative estimate of drug-likeness (QED) is 0.472. The number of rotatable bonds is 7. The number of non-ortho nitro benzene ring substituents is 1. The molecule has 0 atom stereocenters. The number of hydroxylamine groups is 1. The lowest BCUT2D eigenvalue weighted by atomic mass is 10.2. The van der Waals surface area contributed by atoms with Crippen molar-refractivity contribution in [2.24, 2.45) is 5.92 Å². The van der Waals surface area contributed by atoms with Crippen molar-refractivity contribution < 1.29 is 14.6 Å². The fourth-order valence-corrected chi connectivity index (χ4v) is 1.82. The van der Waals surface area contributed by atoms with Gasteiger partial charge in [-0.15, -0.1) is 11.8 Å². The van der Waals surface area contributed by atoms with E-state index in [0.29, 0.717) is 12.5 Å². The summed E-state index contributed by atoms with van der Waals surface area (Å²) in [6, 6.07) is 6.06. The van der Waals surface area contributed by atoms with Gasteiger partial charge in [-0.2, -0.15) is 0 Å². The molecule has 0 aliphatic rings. The van der Waals surface area contributed by atoms with Crippen LogP contribution in [0, 0.1) is 16.0 Å². The van der Waals surface area contributed by atoms with Gasteiger partial charge in [-0.3, -0.25) is 19.7 Å². The number of hydrogen-bond donors (Lipinski definition) is 1. The molecule has 0 aliphatic heterocycles. The van der Waals surface area contributed by atoms with Crippen LogP contribution in [0.4, 0.5) is 5.69 Å². The zero-order valence-corrected chi connectivity index (χ0v) is 11.6. The van der Waals surface area contributed by atoms with Crippen molar-refractivity contribution in [1.82, 2.24) is 5.48 Å². The van der Waals surface area contributed by atoms with Gasteiger partial charge in [0.2, 0.25) is 0 Å². The molecule has 1 amide bonds. The molecule has 0 aliphatic carbocycles. The Hall–Kier alpha value is -1.60. The van der Waals surface area contributed by atoms with Gasteiger partial charge in [0.25, 0.3) is 11.6 Å². The van der Waals surface area contributed by atoms with Gasteiger partial charge in [0.1, 0.15) is 0 Å². The maximum absolute atomic E-state index is 11.4. The summed E-state index contributed by atoms with van der Waals surface area (Å²) in [7, 11) is 0. The SMILES string of the molecule is CC(C)CONC(=O)CSc1ccc([N+](=O)[O-])cc1. The van der Waals surface area contributed by atoms with E-state index in [9.17, 15) is 14.9 Å². The minimum atomic E-state index is -0.457. The molecule has 0 aromatic heterocycles. The van der Waals surface area contributed by atoms with Crippen molar-refractivity contribution in [3.05, 3.63) is 34.4 Å². The highest BCUT2D eigenvalue weighted by atomic mass is 32.2. The highest BCUT2D eigenvalue weighted by molar-refractivity contribution is 8.00. The number of nitro benzene ring substituents is 1. The van der Waals surface area contributed by atoms with E-state index in [1.165, 1.54) is 23.9 Å². The number of nitro groups is 1. The normalized spacial score (nSPS) is 10.5. The molecular formula is C12H16N2O4S. The van der Waals surface area contributed by atoms with Gasteiger partial charge in [0.05, 0.1) is 17.3 Å². The van der Waals surface area contributed by atoms with Crippen LogP contribution in [0.25, 0.3) is 0 Å². The van der Waals surface area contributed by atoms with Gasteiger partial charge >= 0.3 is 0 Å². The van der Waals surface area contributed by atoms with Crippen LogP contribution in [0.15, 0.2) is 29.2 Å². The van der Waals surface area contributed by atoms with Gasteiger partial charge in [-0.1, -0.05) is 13.8 Å². The molecule has 104 valence electrons. The number of nitrogens with zero attached hydrogens (tertiary/aromatic N) is 1. The minimum Gasteiger partial charge on any atom is -0.273 e. The molecule has 0 fully saturated rings. The molecule has 1 N–H and O–H groups in total. The van der Waals surface area contributed by atoms with Crippen molar-refractivity contribution >= 4 is 23.4 Å². The second-order valence-corrected chi connectivity index (χ2v) is 5.32. The smallest absolute Gasteiger partial charge is 0.269 e. The van der Waals surface area contributed by atoms with Crippen LogP contribution in [-0.4, -0.2) is 23.2 Å². The molecule has 7 heteroatoms. The van der Waals surface area contributed by atoms with E-state index in [0.717, 1.165) is 4.90 Å². The summed E-state index contributed by atoms with van der Waals surface area (Å²) in [5, 5.41) is 10.5. The van der Waals surface area contributed by atoms with Gasteiger partial charge in [-0.05, 0) is 18.1 Å². The Labute approximate surface area is 115 Å². The second-order valence-electron chi connectivity index (χ2n) is 4.27. The van der Waals surface area contributed by atoms with Crippen LogP contribution in [-0.2, 0) is 9.63 Å². The van der Waals surface area contributed by atoms with E-state index in [-0.39, 0.29) is 17.3 Å². The summed E-state index contributed by atoms with van der Waals surface area (Å²) in [5.41, 5.74) is 2.38. The molecule has 0 bridgehead atoms. The Morgan fingerprint density at radius 2 is 2.05 bits per heavy atom. The summed E-state index contributed by atoms with van der Waals surface area (Å²) in [4.78, 5) is 27.2. The average Bonchev–Trinajstić information content (AvgIpc) is 2.36. The predicted molar refractivity (Wildman–Crippen MR) is 72.8 cm³/mol. The standard InChI is InChI=1S/C12H16N2O4S/c1-9(2)7-18-13-12(15)8-19-11-5-3-10(4-6-11)14(16)17/h3-6,9H,7-8H2,1-2H3,(H,13,15). The largest absolute Gasteiger partial charge is 0.273 e. The third kappa shape index (κ3) is 6.21. The first-order valence-corrected chi connectivity index (χ1v) is 6.75. The summed E-state index contributed by atoms with van der Waals surface area (Å²) < 4.78 is 0. The molecule has 0 saturated carbocycles. The summed E-state index contributed by atoms with van der Waals surface area (Å²) >= 11 is 1.29. The molecule has 6 nitrogen and oxygen atoms in total. The van der Waals surface area contributed by atoms with E-state index in [4.69, 9.17) is 4.84 Å². The molecule has 0 heterocycles. The van der Waals surface area contributed by atoms with Crippen molar-refractivity contribution in [2.75, 3.05) is 12.4 Å². The first-order valence-electron chi connectivity index (χ1n) is 5.77. The van der Waals surface area contributed by atoms with Gasteiger partial charge in [0, 0.05) is 17.0 Å². The summed E-state index contributed by atoms with van der Waals surface area (Å²) in [6.45, 7) is 4.43. The topological polar surface area (TPSA) is 81.5 Å². The molecule has 1 aromatic rings. The van der Waals surface area contributed by atoms with E-state index < -0.39 is 4.92 Å². The molecule has 0 spiro atoms. The van der Waals surface area contributed by atoms with Gasteiger partial charge < -0.3 is 0 Å². The molecule has 0 saturated heterocycles. The highest BCUT2D eigenvalue weighted by Gasteiger charge is 2.06.